The third-order valence-corrected chi connectivity index (χ3v) is 11.6. The minimum atomic E-state index is -3.63. The molecule has 0 bridgehead atoms. The molecule has 1 aliphatic carbocycles. The van der Waals surface area contributed by atoms with Gasteiger partial charge in [0, 0.05) is 76.5 Å². The third kappa shape index (κ3) is 7.53. The third-order valence-electron chi connectivity index (χ3n) is 10.1. The number of nitrogens with one attached hydrogen (secondary N) is 2. The van der Waals surface area contributed by atoms with Gasteiger partial charge < -0.3 is 25.2 Å². The Morgan fingerprint density at radius 3 is 2.40 bits per heavy atom. The number of benzene rings is 2. The zero-order valence-electron chi connectivity index (χ0n) is 29.1. The Kier molecular flexibility index (Phi) is 9.88. The van der Waals surface area contributed by atoms with Gasteiger partial charge in [0.15, 0.2) is 5.82 Å². The average Bonchev–Trinajstić information content (AvgIpc) is 3.93. The van der Waals surface area contributed by atoms with Crippen LogP contribution in [-0.2, 0) is 16.4 Å². The normalized spacial score (nSPS) is 18.0. The van der Waals surface area contributed by atoms with Crippen LogP contribution in [0.4, 0.5) is 34.5 Å². The molecule has 15 heteroatoms. The van der Waals surface area contributed by atoms with Crippen molar-refractivity contribution in [1.29, 1.82) is 0 Å². The van der Waals surface area contributed by atoms with Crippen molar-refractivity contribution in [2.45, 2.75) is 38.1 Å². The molecule has 3 aliphatic rings. The summed E-state index contributed by atoms with van der Waals surface area (Å²) in [5.41, 5.74) is 5.07. The van der Waals surface area contributed by atoms with Gasteiger partial charge in [-0.2, -0.15) is 4.98 Å². The molecule has 266 valence electrons. The first-order valence-corrected chi connectivity index (χ1v) is 19.4. The topological polar surface area (TPSA) is 132 Å². The molecule has 2 aromatic carbocycles. The average molecular weight is 721 g/mol. The molecule has 7 rings (SSSR count). The maximum absolute atomic E-state index is 12.6. The Hall–Kier alpha value is -3.98. The van der Waals surface area contributed by atoms with E-state index in [1.165, 1.54) is 47.8 Å². The van der Waals surface area contributed by atoms with E-state index < -0.39 is 10.0 Å². The number of nitrogens with zero attached hydrogens (tertiary/aromatic N) is 8. The van der Waals surface area contributed by atoms with Crippen molar-refractivity contribution in [3.63, 3.8) is 0 Å². The highest BCUT2D eigenvalue weighted by Crippen LogP contribution is 2.42. The van der Waals surface area contributed by atoms with Crippen LogP contribution in [0.3, 0.4) is 0 Å². The number of halogens is 1. The van der Waals surface area contributed by atoms with E-state index in [-0.39, 0.29) is 5.02 Å². The van der Waals surface area contributed by atoms with E-state index in [1.807, 2.05) is 0 Å². The number of hydrogen-bond acceptors (Lipinski definition) is 12. The highest BCUT2D eigenvalue weighted by molar-refractivity contribution is 7.92. The first-order valence-electron chi connectivity index (χ1n) is 17.2. The number of aromatic nitrogens is 4. The maximum atomic E-state index is 12.6. The number of rotatable bonds is 11. The van der Waals surface area contributed by atoms with Gasteiger partial charge in [-0.1, -0.05) is 11.6 Å². The Morgan fingerprint density at radius 2 is 1.70 bits per heavy atom. The monoisotopic (exact) mass is 720 g/mol. The molecule has 2 aromatic heterocycles. The zero-order valence-corrected chi connectivity index (χ0v) is 30.6. The number of fused-ring (bicyclic) bond motifs is 1. The molecule has 3 fully saturated rings. The molecule has 0 amide bonds. The minimum absolute atomic E-state index is 0.263. The Bertz CT molecular complexity index is 1960. The standard InChI is InChI=1S/C35H45ClN10O3S/c1-43-15-17-45(18-16-43)25-9-13-46(14-10-25)30-21-31(49-3)29(20-24(30)19-23-5-6-23)41-35-39-22-26(36)34(42-35)40-28-8-7-27-32(38-12-11-37-27)33(28)44(2)50(4,47)48/h7-8,11-12,20-23,25H,5-6,9-10,13-19H2,1-4H3,(H2,39,40,41,42). The van der Waals surface area contributed by atoms with Gasteiger partial charge in [0.25, 0.3) is 0 Å². The molecule has 0 radical (unpaired) electrons. The fraction of sp³-hybridized carbons (Fsp3) is 0.486. The zero-order chi connectivity index (χ0) is 35.0. The van der Waals surface area contributed by atoms with Crippen molar-refractivity contribution >= 4 is 67.2 Å². The number of hydrogen-bond donors (Lipinski definition) is 2. The van der Waals surface area contributed by atoms with Crippen LogP contribution >= 0.6 is 11.6 Å². The Morgan fingerprint density at radius 1 is 0.960 bits per heavy atom. The molecule has 2 aliphatic heterocycles. The highest BCUT2D eigenvalue weighted by Gasteiger charge is 2.30. The first kappa shape index (κ1) is 34.5. The first-order chi connectivity index (χ1) is 24.1. The molecule has 2 saturated heterocycles. The van der Waals surface area contributed by atoms with E-state index in [0.717, 1.165) is 70.5 Å². The van der Waals surface area contributed by atoms with Crippen molar-refractivity contribution in [1.82, 2.24) is 29.7 Å². The van der Waals surface area contributed by atoms with Crippen LogP contribution in [-0.4, -0.2) is 111 Å². The predicted octanol–water partition coefficient (Wildman–Crippen LogP) is 5.13. The van der Waals surface area contributed by atoms with Crippen LogP contribution in [0.5, 0.6) is 5.75 Å². The van der Waals surface area contributed by atoms with Crippen LogP contribution in [0.2, 0.25) is 5.02 Å². The Labute approximate surface area is 299 Å². The fourth-order valence-corrected chi connectivity index (χ4v) is 7.66. The second kappa shape index (κ2) is 14.3. The summed E-state index contributed by atoms with van der Waals surface area (Å²) in [6.45, 7) is 6.65. The van der Waals surface area contributed by atoms with Crippen LogP contribution in [0.25, 0.3) is 11.0 Å². The maximum Gasteiger partial charge on any atom is 0.232 e. The van der Waals surface area contributed by atoms with Crippen LogP contribution in [0.15, 0.2) is 42.9 Å². The number of piperidine rings is 1. The number of piperazine rings is 1. The fourth-order valence-electron chi connectivity index (χ4n) is 7.00. The number of sulfonamides is 1. The van der Waals surface area contributed by atoms with E-state index >= 15 is 0 Å². The molecule has 2 N–H and O–H groups in total. The lowest BCUT2D eigenvalue weighted by Crippen LogP contribution is -2.52. The quantitative estimate of drug-likeness (QED) is 0.213. The molecule has 1 saturated carbocycles. The number of anilines is 6. The van der Waals surface area contributed by atoms with Crippen molar-refractivity contribution in [2.75, 3.05) is 86.6 Å². The summed E-state index contributed by atoms with van der Waals surface area (Å²) in [5.74, 6) is 2.02. The molecule has 4 heterocycles. The summed E-state index contributed by atoms with van der Waals surface area (Å²) < 4.78 is 32.4. The molecule has 0 unspecified atom stereocenters. The molecule has 50 heavy (non-hydrogen) atoms. The van der Waals surface area contributed by atoms with E-state index in [9.17, 15) is 8.42 Å². The highest BCUT2D eigenvalue weighted by atomic mass is 35.5. The molecular formula is C35H45ClN10O3S. The largest absolute Gasteiger partial charge is 0.494 e. The van der Waals surface area contributed by atoms with Crippen LogP contribution in [0, 0.1) is 5.92 Å². The number of likely N-dealkylation sites (N-methyl/N-ethyl adjacent to an activating group) is 1. The van der Waals surface area contributed by atoms with Crippen LogP contribution in [0.1, 0.15) is 31.2 Å². The molecular weight excluding hydrogens is 676 g/mol. The summed E-state index contributed by atoms with van der Waals surface area (Å²) in [7, 11) is 1.74. The van der Waals surface area contributed by atoms with Gasteiger partial charge in [0.05, 0.1) is 36.5 Å². The molecule has 0 atom stereocenters. The number of ether oxygens (including phenoxy) is 1. The second-order valence-corrected chi connectivity index (χ2v) is 16.1. The van der Waals surface area contributed by atoms with Crippen molar-refractivity contribution < 1.29 is 13.2 Å². The summed E-state index contributed by atoms with van der Waals surface area (Å²) in [6, 6.07) is 8.49. The molecule has 13 nitrogen and oxygen atoms in total. The smallest absolute Gasteiger partial charge is 0.232 e. The van der Waals surface area contributed by atoms with E-state index in [2.05, 4.69) is 59.5 Å². The van der Waals surface area contributed by atoms with Gasteiger partial charge in [-0.25, -0.2) is 13.4 Å². The van der Waals surface area contributed by atoms with Gasteiger partial charge in [-0.15, -0.1) is 0 Å². The van der Waals surface area contributed by atoms with Crippen molar-refractivity contribution in [3.8, 4) is 5.75 Å². The number of methoxy groups -OCH3 is 1. The lowest BCUT2D eigenvalue weighted by molar-refractivity contribution is 0.0982. The van der Waals surface area contributed by atoms with E-state index in [1.54, 1.807) is 25.4 Å². The van der Waals surface area contributed by atoms with Crippen molar-refractivity contribution in [2.24, 2.45) is 5.92 Å². The summed E-state index contributed by atoms with van der Waals surface area (Å²) in [4.78, 5) is 25.6. The van der Waals surface area contributed by atoms with Gasteiger partial charge in [0.2, 0.25) is 16.0 Å². The lowest BCUT2D eigenvalue weighted by atomic mass is 9.98. The minimum Gasteiger partial charge on any atom is -0.494 e. The van der Waals surface area contributed by atoms with Crippen LogP contribution < -0.4 is 24.6 Å². The van der Waals surface area contributed by atoms with Gasteiger partial charge in [-0.3, -0.25) is 19.2 Å². The predicted molar refractivity (Wildman–Crippen MR) is 200 cm³/mol. The molecule has 0 spiro atoms. The second-order valence-electron chi connectivity index (χ2n) is 13.6. The van der Waals surface area contributed by atoms with E-state index in [4.69, 9.17) is 21.3 Å². The van der Waals surface area contributed by atoms with Crippen molar-refractivity contribution in [3.05, 3.63) is 53.4 Å². The lowest BCUT2D eigenvalue weighted by Gasteiger charge is -2.43. The summed E-state index contributed by atoms with van der Waals surface area (Å²) >= 11 is 6.60. The Balaban J connectivity index is 1.15. The summed E-state index contributed by atoms with van der Waals surface area (Å²) in [5, 5.41) is 6.87. The SMILES string of the molecule is COc1cc(N2CCC(N3CCN(C)CC3)CC2)c(CC2CC2)cc1Nc1ncc(Cl)c(Nc2ccc3nccnc3c2N(C)S(C)(=O)=O)n1. The van der Waals surface area contributed by atoms with Gasteiger partial charge in [-0.05, 0) is 68.8 Å². The van der Waals surface area contributed by atoms with Gasteiger partial charge in [0.1, 0.15) is 22.0 Å². The summed E-state index contributed by atoms with van der Waals surface area (Å²) in [6.07, 6.45) is 11.6. The molecule has 4 aromatic rings. The van der Waals surface area contributed by atoms with E-state index in [0.29, 0.717) is 51.9 Å². The van der Waals surface area contributed by atoms with Gasteiger partial charge >= 0.3 is 0 Å².